The molecule has 2 nitrogen and oxygen atoms in total. The van der Waals surface area contributed by atoms with Gasteiger partial charge >= 0.3 is 0 Å². The van der Waals surface area contributed by atoms with Gasteiger partial charge in [0, 0.05) is 0 Å². The zero-order valence-corrected chi connectivity index (χ0v) is 11.2. The molecule has 94 valence electrons. The summed E-state index contributed by atoms with van der Waals surface area (Å²) in [6, 6.07) is 0. The van der Waals surface area contributed by atoms with Crippen molar-refractivity contribution in [1.82, 2.24) is 5.32 Å². The van der Waals surface area contributed by atoms with E-state index in [0.717, 1.165) is 13.0 Å². The van der Waals surface area contributed by atoms with Crippen LogP contribution in [0.5, 0.6) is 0 Å². The van der Waals surface area contributed by atoms with Crippen LogP contribution in [0.3, 0.4) is 0 Å². The Morgan fingerprint density at radius 1 is 0.933 bits per heavy atom. The molecule has 0 saturated heterocycles. The van der Waals surface area contributed by atoms with Crippen molar-refractivity contribution in [2.75, 3.05) is 6.54 Å². The monoisotopic (exact) mass is 217 g/mol. The number of aliphatic hydroxyl groups is 1. The first-order valence-corrected chi connectivity index (χ1v) is 6.72. The molecule has 1 atom stereocenters. The lowest BCUT2D eigenvalue weighted by atomic mass is 10.1. The average molecular weight is 217 g/mol. The Morgan fingerprint density at radius 3 is 2.00 bits per heavy atom. The van der Waals surface area contributed by atoms with Gasteiger partial charge in [0.25, 0.3) is 0 Å². The molecule has 0 rings (SSSR count). The molecule has 0 bridgehead atoms. The summed E-state index contributed by atoms with van der Waals surface area (Å²) >= 11 is 0. The summed E-state index contributed by atoms with van der Waals surface area (Å²) < 4.78 is 0. The molecule has 0 saturated carbocycles. The van der Waals surface area contributed by atoms with E-state index in [-0.39, 0.29) is 6.23 Å². The molecule has 2 heteroatoms. The van der Waals surface area contributed by atoms with Gasteiger partial charge in [-0.1, -0.05) is 59.8 Å². The van der Waals surface area contributed by atoms with Gasteiger partial charge in [0.15, 0.2) is 0 Å². The number of hydrogen-bond donors (Lipinski definition) is 2. The van der Waals surface area contributed by atoms with Crippen LogP contribution in [0, 0.1) is 0 Å². The minimum absolute atomic E-state index is 0.296. The smallest absolute Gasteiger partial charge is 0.104 e. The zero-order chi connectivity index (χ0) is 11.9. The molecule has 0 aromatic rings. The van der Waals surface area contributed by atoms with E-state index in [1.54, 1.807) is 0 Å². The van der Waals surface area contributed by atoms with E-state index in [4.69, 9.17) is 0 Å². The maximum absolute atomic E-state index is 9.19. The SMILES string of the molecule is CC.CCCCCCCCNC(O)CC. The van der Waals surface area contributed by atoms with Gasteiger partial charge in [-0.25, -0.2) is 0 Å². The molecule has 0 fully saturated rings. The van der Waals surface area contributed by atoms with Gasteiger partial charge < -0.3 is 5.11 Å². The molecule has 0 radical (unpaired) electrons. The van der Waals surface area contributed by atoms with Gasteiger partial charge in [-0.2, -0.15) is 0 Å². The summed E-state index contributed by atoms with van der Waals surface area (Å²) in [6.45, 7) is 9.18. The molecule has 0 spiro atoms. The fraction of sp³-hybridized carbons (Fsp3) is 1.00. The number of rotatable bonds is 9. The molecule has 0 aromatic carbocycles. The van der Waals surface area contributed by atoms with Crippen molar-refractivity contribution >= 4 is 0 Å². The Labute approximate surface area is 96.5 Å². The molecular weight excluding hydrogens is 186 g/mol. The Kier molecular flexibility index (Phi) is 18.9. The van der Waals surface area contributed by atoms with Crippen molar-refractivity contribution in [3.8, 4) is 0 Å². The quantitative estimate of drug-likeness (QED) is 0.456. The number of hydrogen-bond acceptors (Lipinski definition) is 2. The van der Waals surface area contributed by atoms with E-state index >= 15 is 0 Å². The van der Waals surface area contributed by atoms with Gasteiger partial charge in [-0.15, -0.1) is 0 Å². The molecule has 0 heterocycles. The van der Waals surface area contributed by atoms with Crippen molar-refractivity contribution < 1.29 is 5.11 Å². The Balaban J connectivity index is 0. The van der Waals surface area contributed by atoms with E-state index in [1.807, 2.05) is 20.8 Å². The lowest BCUT2D eigenvalue weighted by Crippen LogP contribution is -2.28. The number of nitrogens with one attached hydrogen (secondary N) is 1. The van der Waals surface area contributed by atoms with E-state index in [2.05, 4.69) is 12.2 Å². The predicted octanol–water partition coefficient (Wildman–Crippen LogP) is 3.69. The summed E-state index contributed by atoms with van der Waals surface area (Å²) in [6.07, 6.45) is 8.39. The molecule has 2 N–H and O–H groups in total. The van der Waals surface area contributed by atoms with Gasteiger partial charge in [-0.05, 0) is 19.4 Å². The highest BCUT2D eigenvalue weighted by Crippen LogP contribution is 2.04. The first kappa shape index (κ1) is 17.3. The third-order valence-electron chi connectivity index (χ3n) is 2.30. The largest absolute Gasteiger partial charge is 0.379 e. The van der Waals surface area contributed by atoms with Crippen LogP contribution >= 0.6 is 0 Å². The third-order valence-corrected chi connectivity index (χ3v) is 2.30. The van der Waals surface area contributed by atoms with Crippen LogP contribution in [-0.4, -0.2) is 17.9 Å². The molecule has 15 heavy (non-hydrogen) atoms. The fourth-order valence-corrected chi connectivity index (χ4v) is 1.32. The summed E-state index contributed by atoms with van der Waals surface area (Å²) in [5, 5.41) is 12.3. The van der Waals surface area contributed by atoms with Crippen molar-refractivity contribution in [1.29, 1.82) is 0 Å². The second-order valence-corrected chi connectivity index (χ2v) is 3.65. The predicted molar refractivity (Wildman–Crippen MR) is 69.0 cm³/mol. The van der Waals surface area contributed by atoms with Gasteiger partial charge in [0.05, 0.1) is 0 Å². The molecule has 0 amide bonds. The van der Waals surface area contributed by atoms with Gasteiger partial charge in [-0.3, -0.25) is 5.32 Å². The Morgan fingerprint density at radius 2 is 1.47 bits per heavy atom. The van der Waals surface area contributed by atoms with E-state index < -0.39 is 0 Å². The summed E-state index contributed by atoms with van der Waals surface area (Å²) in [5.41, 5.74) is 0. The molecule has 1 unspecified atom stereocenters. The van der Waals surface area contributed by atoms with Crippen molar-refractivity contribution in [3.63, 3.8) is 0 Å². The molecule has 0 aliphatic heterocycles. The summed E-state index contributed by atoms with van der Waals surface area (Å²) in [4.78, 5) is 0. The van der Waals surface area contributed by atoms with E-state index in [9.17, 15) is 5.11 Å². The molecule has 0 aliphatic rings. The van der Waals surface area contributed by atoms with Crippen LogP contribution in [0.15, 0.2) is 0 Å². The third kappa shape index (κ3) is 16.6. The van der Waals surface area contributed by atoms with Crippen LogP contribution in [0.25, 0.3) is 0 Å². The minimum atomic E-state index is -0.296. The van der Waals surface area contributed by atoms with Gasteiger partial charge in [0.2, 0.25) is 0 Å². The second-order valence-electron chi connectivity index (χ2n) is 3.65. The van der Waals surface area contributed by atoms with Gasteiger partial charge in [0.1, 0.15) is 6.23 Å². The summed E-state index contributed by atoms with van der Waals surface area (Å²) in [5.74, 6) is 0. The van der Waals surface area contributed by atoms with Crippen molar-refractivity contribution in [3.05, 3.63) is 0 Å². The van der Waals surface area contributed by atoms with E-state index in [1.165, 1.54) is 38.5 Å². The minimum Gasteiger partial charge on any atom is -0.379 e. The maximum atomic E-state index is 9.19. The Hall–Kier alpha value is -0.0800. The highest BCUT2D eigenvalue weighted by Gasteiger charge is 1.96. The molecule has 0 aliphatic carbocycles. The van der Waals surface area contributed by atoms with Crippen molar-refractivity contribution in [2.24, 2.45) is 0 Å². The number of unbranched alkanes of at least 4 members (excludes halogenated alkanes) is 5. The highest BCUT2D eigenvalue weighted by atomic mass is 16.3. The maximum Gasteiger partial charge on any atom is 0.104 e. The molecule has 0 aromatic heterocycles. The lowest BCUT2D eigenvalue weighted by Gasteiger charge is -2.09. The Bertz CT molecular complexity index is 96.5. The molecular formula is C13H31NO. The average Bonchev–Trinajstić information content (AvgIpc) is 2.30. The van der Waals surface area contributed by atoms with Crippen LogP contribution in [-0.2, 0) is 0 Å². The standard InChI is InChI=1S/C11H25NO.C2H6/c1-3-5-6-7-8-9-10-12-11(13)4-2;1-2/h11-13H,3-10H2,1-2H3;1-2H3. The van der Waals surface area contributed by atoms with E-state index in [0.29, 0.717) is 0 Å². The van der Waals surface area contributed by atoms with Crippen LogP contribution in [0.2, 0.25) is 0 Å². The first-order valence-electron chi connectivity index (χ1n) is 6.72. The number of aliphatic hydroxyl groups excluding tert-OH is 1. The van der Waals surface area contributed by atoms with Crippen LogP contribution in [0.4, 0.5) is 0 Å². The second kappa shape index (κ2) is 16.4. The van der Waals surface area contributed by atoms with Crippen molar-refractivity contribution in [2.45, 2.75) is 78.9 Å². The van der Waals surface area contributed by atoms with Crippen LogP contribution in [0.1, 0.15) is 72.6 Å². The fourth-order valence-electron chi connectivity index (χ4n) is 1.32. The zero-order valence-electron chi connectivity index (χ0n) is 11.2. The van der Waals surface area contributed by atoms with Crippen LogP contribution < -0.4 is 5.32 Å². The lowest BCUT2D eigenvalue weighted by molar-refractivity contribution is 0.133. The first-order chi connectivity index (χ1) is 7.31. The summed E-state index contributed by atoms with van der Waals surface area (Å²) in [7, 11) is 0. The normalized spacial score (nSPS) is 11.8. The highest BCUT2D eigenvalue weighted by molar-refractivity contribution is 4.51. The topological polar surface area (TPSA) is 32.3 Å².